The van der Waals surface area contributed by atoms with Crippen LogP contribution in [0.5, 0.6) is 0 Å². The molecule has 1 aromatic carbocycles. The molecular weight excluding hydrogens is 238 g/mol. The lowest BCUT2D eigenvalue weighted by Gasteiger charge is -2.31. The molecule has 1 nitrogen and oxygen atoms in total. The maximum atomic E-state index is 3.84. The molecule has 0 saturated carbocycles. The van der Waals surface area contributed by atoms with Crippen molar-refractivity contribution in [2.45, 2.75) is 49.8 Å². The molecule has 1 aromatic rings. The van der Waals surface area contributed by atoms with Gasteiger partial charge in [0, 0.05) is 17.3 Å². The summed E-state index contributed by atoms with van der Waals surface area (Å²) >= 11 is 2.15. The van der Waals surface area contributed by atoms with Crippen molar-refractivity contribution in [2.24, 2.45) is 0 Å². The van der Waals surface area contributed by atoms with E-state index in [9.17, 15) is 0 Å². The summed E-state index contributed by atoms with van der Waals surface area (Å²) in [6.07, 6.45) is 6.67. The topological polar surface area (TPSA) is 12.0 Å². The van der Waals surface area contributed by atoms with Crippen LogP contribution in [0.1, 0.15) is 49.8 Å². The van der Waals surface area contributed by atoms with Crippen molar-refractivity contribution in [3.8, 4) is 0 Å². The first-order chi connectivity index (χ1) is 8.77. The molecule has 0 amide bonds. The Morgan fingerprint density at radius 3 is 3.06 bits per heavy atom. The SMILES string of the molecule is CC1(CNC2CCCc3ccccc32)CCCS1. The quantitative estimate of drug-likeness (QED) is 0.884. The Morgan fingerprint density at radius 1 is 1.33 bits per heavy atom. The van der Waals surface area contributed by atoms with E-state index < -0.39 is 0 Å². The van der Waals surface area contributed by atoms with Gasteiger partial charge in [-0.2, -0.15) is 11.8 Å². The Balaban J connectivity index is 1.67. The van der Waals surface area contributed by atoms with E-state index in [0.29, 0.717) is 10.8 Å². The van der Waals surface area contributed by atoms with Crippen LogP contribution >= 0.6 is 11.8 Å². The third-order valence-corrected chi connectivity index (χ3v) is 5.93. The highest BCUT2D eigenvalue weighted by molar-refractivity contribution is 8.00. The lowest BCUT2D eigenvalue weighted by molar-refractivity contribution is 0.426. The zero-order valence-corrected chi connectivity index (χ0v) is 12.1. The molecule has 98 valence electrons. The maximum absolute atomic E-state index is 3.84. The molecule has 1 aliphatic carbocycles. The molecule has 1 N–H and O–H groups in total. The van der Waals surface area contributed by atoms with Gasteiger partial charge in [0.1, 0.15) is 0 Å². The monoisotopic (exact) mass is 261 g/mol. The molecule has 2 unspecified atom stereocenters. The Labute approximate surface area is 115 Å². The summed E-state index contributed by atoms with van der Waals surface area (Å²) in [6, 6.07) is 9.57. The predicted molar refractivity (Wildman–Crippen MR) is 80.2 cm³/mol. The average molecular weight is 261 g/mol. The van der Waals surface area contributed by atoms with E-state index in [1.165, 1.54) is 37.9 Å². The van der Waals surface area contributed by atoms with Crippen LogP contribution in [0.2, 0.25) is 0 Å². The Kier molecular flexibility index (Phi) is 3.67. The van der Waals surface area contributed by atoms with Crippen molar-refractivity contribution in [1.29, 1.82) is 0 Å². The average Bonchev–Trinajstić information content (AvgIpc) is 2.84. The minimum atomic E-state index is 0.479. The van der Waals surface area contributed by atoms with Crippen LogP contribution < -0.4 is 5.32 Å². The summed E-state index contributed by atoms with van der Waals surface area (Å²) in [5.74, 6) is 1.35. The van der Waals surface area contributed by atoms with E-state index in [1.807, 2.05) is 0 Å². The van der Waals surface area contributed by atoms with Gasteiger partial charge in [-0.25, -0.2) is 0 Å². The minimum Gasteiger partial charge on any atom is -0.309 e. The van der Waals surface area contributed by atoms with Gasteiger partial charge in [-0.3, -0.25) is 0 Å². The second-order valence-electron chi connectivity index (χ2n) is 5.93. The molecule has 3 rings (SSSR count). The van der Waals surface area contributed by atoms with Crippen LogP contribution in [0.3, 0.4) is 0 Å². The molecule has 0 spiro atoms. The normalized spacial score (nSPS) is 31.3. The first-order valence-electron chi connectivity index (χ1n) is 7.22. The van der Waals surface area contributed by atoms with Gasteiger partial charge in [0.2, 0.25) is 0 Å². The first-order valence-corrected chi connectivity index (χ1v) is 8.21. The van der Waals surface area contributed by atoms with E-state index in [1.54, 1.807) is 11.1 Å². The van der Waals surface area contributed by atoms with Gasteiger partial charge in [-0.1, -0.05) is 24.3 Å². The number of thioether (sulfide) groups is 1. The van der Waals surface area contributed by atoms with Crippen molar-refractivity contribution < 1.29 is 0 Å². The highest BCUT2D eigenvalue weighted by Gasteiger charge is 2.30. The van der Waals surface area contributed by atoms with Gasteiger partial charge in [0.25, 0.3) is 0 Å². The zero-order valence-electron chi connectivity index (χ0n) is 11.2. The lowest BCUT2D eigenvalue weighted by atomic mass is 9.87. The predicted octanol–water partition coefficient (Wildman–Crippen LogP) is 3.94. The van der Waals surface area contributed by atoms with Crippen LogP contribution in [0.4, 0.5) is 0 Å². The van der Waals surface area contributed by atoms with E-state index in [0.717, 1.165) is 6.54 Å². The molecule has 1 aliphatic heterocycles. The van der Waals surface area contributed by atoms with Gasteiger partial charge in [0.05, 0.1) is 0 Å². The second kappa shape index (κ2) is 5.26. The molecule has 0 bridgehead atoms. The summed E-state index contributed by atoms with van der Waals surface area (Å²) < 4.78 is 0.479. The van der Waals surface area contributed by atoms with Gasteiger partial charge in [-0.15, -0.1) is 0 Å². The number of aryl methyl sites for hydroxylation is 1. The molecule has 2 heteroatoms. The number of rotatable bonds is 3. The third kappa shape index (κ3) is 2.60. The number of nitrogens with one attached hydrogen (secondary N) is 1. The van der Waals surface area contributed by atoms with Crippen molar-refractivity contribution in [1.82, 2.24) is 5.32 Å². The van der Waals surface area contributed by atoms with Crippen molar-refractivity contribution in [2.75, 3.05) is 12.3 Å². The van der Waals surface area contributed by atoms with Gasteiger partial charge >= 0.3 is 0 Å². The summed E-state index contributed by atoms with van der Waals surface area (Å²) in [6.45, 7) is 3.59. The number of hydrogen-bond donors (Lipinski definition) is 1. The van der Waals surface area contributed by atoms with Crippen LogP contribution in [0.15, 0.2) is 24.3 Å². The maximum Gasteiger partial charge on any atom is 0.0323 e. The fraction of sp³-hybridized carbons (Fsp3) is 0.625. The summed E-state index contributed by atoms with van der Waals surface area (Å²) in [7, 11) is 0. The smallest absolute Gasteiger partial charge is 0.0323 e. The lowest BCUT2D eigenvalue weighted by Crippen LogP contribution is -2.36. The van der Waals surface area contributed by atoms with Crippen molar-refractivity contribution in [3.63, 3.8) is 0 Å². The third-order valence-electron chi connectivity index (χ3n) is 4.39. The Bertz CT molecular complexity index is 409. The van der Waals surface area contributed by atoms with Gasteiger partial charge < -0.3 is 5.32 Å². The fourth-order valence-corrected chi connectivity index (χ4v) is 4.54. The van der Waals surface area contributed by atoms with Crippen molar-refractivity contribution in [3.05, 3.63) is 35.4 Å². The summed E-state index contributed by atoms with van der Waals surface area (Å²) in [5, 5.41) is 3.84. The number of benzene rings is 1. The Hall–Kier alpha value is -0.470. The molecule has 18 heavy (non-hydrogen) atoms. The molecular formula is C16H23NS. The van der Waals surface area contributed by atoms with E-state index >= 15 is 0 Å². The molecule has 0 radical (unpaired) electrons. The van der Waals surface area contributed by atoms with Gasteiger partial charge in [-0.05, 0) is 55.9 Å². The molecule has 1 heterocycles. The van der Waals surface area contributed by atoms with Crippen LogP contribution in [0, 0.1) is 0 Å². The minimum absolute atomic E-state index is 0.479. The fourth-order valence-electron chi connectivity index (χ4n) is 3.28. The molecule has 2 aliphatic rings. The molecule has 0 aromatic heterocycles. The largest absolute Gasteiger partial charge is 0.309 e. The van der Waals surface area contributed by atoms with Crippen LogP contribution in [-0.2, 0) is 6.42 Å². The highest BCUT2D eigenvalue weighted by Crippen LogP contribution is 2.38. The Morgan fingerprint density at radius 2 is 2.22 bits per heavy atom. The summed E-state index contributed by atoms with van der Waals surface area (Å²) in [4.78, 5) is 0. The van der Waals surface area contributed by atoms with Crippen molar-refractivity contribution >= 4 is 11.8 Å². The van der Waals surface area contributed by atoms with E-state index in [4.69, 9.17) is 0 Å². The van der Waals surface area contributed by atoms with Crippen LogP contribution in [-0.4, -0.2) is 17.0 Å². The molecule has 2 atom stereocenters. The number of hydrogen-bond acceptors (Lipinski definition) is 2. The zero-order chi connectivity index (χ0) is 12.4. The first kappa shape index (κ1) is 12.6. The van der Waals surface area contributed by atoms with E-state index in [2.05, 4.69) is 48.3 Å². The van der Waals surface area contributed by atoms with E-state index in [-0.39, 0.29) is 0 Å². The number of fused-ring (bicyclic) bond motifs is 1. The standard InChI is InChI=1S/C16H23NS/c1-16(10-5-11-18-16)12-17-15-9-4-7-13-6-2-3-8-14(13)15/h2-3,6,8,15,17H,4-5,7,9-12H2,1H3. The molecule has 1 fully saturated rings. The van der Waals surface area contributed by atoms with Crippen LogP contribution in [0.25, 0.3) is 0 Å². The summed E-state index contributed by atoms with van der Waals surface area (Å²) in [5.41, 5.74) is 3.11. The second-order valence-corrected chi connectivity index (χ2v) is 7.61. The molecule has 1 saturated heterocycles. The van der Waals surface area contributed by atoms with Gasteiger partial charge in [0.15, 0.2) is 0 Å². The highest BCUT2D eigenvalue weighted by atomic mass is 32.2.